The van der Waals surface area contributed by atoms with Crippen molar-refractivity contribution >= 4 is 5.97 Å². The van der Waals surface area contributed by atoms with Crippen LogP contribution in [0.3, 0.4) is 0 Å². The average Bonchev–Trinajstić information content (AvgIpc) is 2.26. The van der Waals surface area contributed by atoms with Gasteiger partial charge in [0.2, 0.25) is 0 Å². The predicted octanol–water partition coefficient (Wildman–Crippen LogP) is 2.19. The molecule has 0 aliphatic carbocycles. The molecule has 0 saturated heterocycles. The van der Waals surface area contributed by atoms with Crippen LogP contribution in [0.4, 0.5) is 4.39 Å². The molecular formula is C12H12FNO3. The zero-order valence-electron chi connectivity index (χ0n) is 9.48. The van der Waals surface area contributed by atoms with E-state index in [2.05, 4.69) is 0 Å². The van der Waals surface area contributed by atoms with Crippen molar-refractivity contribution in [2.75, 3.05) is 0 Å². The molecule has 0 aliphatic rings. The van der Waals surface area contributed by atoms with Crippen LogP contribution in [-0.2, 0) is 4.79 Å². The second-order valence-corrected chi connectivity index (χ2v) is 3.88. The van der Waals surface area contributed by atoms with E-state index in [-0.39, 0.29) is 17.2 Å². The minimum absolute atomic E-state index is 0.159. The molecule has 0 bridgehead atoms. The third-order valence-corrected chi connectivity index (χ3v) is 2.16. The molecule has 0 saturated carbocycles. The standard InChI is InChI=1S/C12H12FNO3/c1-7(2)11(12(15)16)17-10-4-3-8(6-14)5-9(10)13/h3-5,7,11H,1-2H3,(H,15,16). The SMILES string of the molecule is CC(C)C(Oc1ccc(C#N)cc1F)C(=O)O. The van der Waals surface area contributed by atoms with Gasteiger partial charge in [0.15, 0.2) is 17.7 Å². The van der Waals surface area contributed by atoms with Crippen molar-refractivity contribution < 1.29 is 19.0 Å². The molecule has 1 N–H and O–H groups in total. The lowest BCUT2D eigenvalue weighted by Crippen LogP contribution is -2.32. The van der Waals surface area contributed by atoms with Crippen LogP contribution >= 0.6 is 0 Å². The van der Waals surface area contributed by atoms with Crippen LogP contribution in [0.2, 0.25) is 0 Å². The summed E-state index contributed by atoms with van der Waals surface area (Å²) in [5.41, 5.74) is 0.159. The number of hydrogen-bond acceptors (Lipinski definition) is 3. The van der Waals surface area contributed by atoms with Crippen LogP contribution in [-0.4, -0.2) is 17.2 Å². The number of hydrogen-bond donors (Lipinski definition) is 1. The fourth-order valence-electron chi connectivity index (χ4n) is 1.27. The molecule has 17 heavy (non-hydrogen) atoms. The minimum Gasteiger partial charge on any atom is -0.478 e. The third kappa shape index (κ3) is 3.18. The second-order valence-electron chi connectivity index (χ2n) is 3.88. The lowest BCUT2D eigenvalue weighted by atomic mass is 10.1. The highest BCUT2D eigenvalue weighted by atomic mass is 19.1. The molecule has 1 aromatic carbocycles. The summed E-state index contributed by atoms with van der Waals surface area (Å²) in [7, 11) is 0. The quantitative estimate of drug-likeness (QED) is 0.871. The smallest absolute Gasteiger partial charge is 0.345 e. The van der Waals surface area contributed by atoms with Crippen LogP contribution in [0.15, 0.2) is 18.2 Å². The van der Waals surface area contributed by atoms with Crippen molar-refractivity contribution in [3.05, 3.63) is 29.6 Å². The molecule has 90 valence electrons. The van der Waals surface area contributed by atoms with Gasteiger partial charge in [0.05, 0.1) is 11.6 Å². The summed E-state index contributed by atoms with van der Waals surface area (Å²) in [5, 5.41) is 17.5. The molecular weight excluding hydrogens is 225 g/mol. The first kappa shape index (κ1) is 13.0. The minimum atomic E-state index is -1.15. The summed E-state index contributed by atoms with van der Waals surface area (Å²) in [6.07, 6.45) is -1.11. The van der Waals surface area contributed by atoms with E-state index in [9.17, 15) is 9.18 Å². The Hall–Kier alpha value is -2.09. The topological polar surface area (TPSA) is 70.3 Å². The van der Waals surface area contributed by atoms with Gasteiger partial charge in [-0.3, -0.25) is 0 Å². The number of carboxylic acid groups (broad SMARTS) is 1. The average molecular weight is 237 g/mol. The number of aliphatic carboxylic acids is 1. The molecule has 5 heteroatoms. The molecule has 0 aromatic heterocycles. The van der Waals surface area contributed by atoms with Gasteiger partial charge in [0.1, 0.15) is 0 Å². The summed E-state index contributed by atoms with van der Waals surface area (Å²) >= 11 is 0. The zero-order chi connectivity index (χ0) is 13.0. The zero-order valence-corrected chi connectivity index (χ0v) is 9.48. The van der Waals surface area contributed by atoms with Gasteiger partial charge < -0.3 is 9.84 Å². The normalized spacial score (nSPS) is 11.9. The Morgan fingerprint density at radius 2 is 2.18 bits per heavy atom. The third-order valence-electron chi connectivity index (χ3n) is 2.16. The van der Waals surface area contributed by atoms with E-state index in [1.807, 2.05) is 0 Å². The van der Waals surface area contributed by atoms with Gasteiger partial charge in [-0.15, -0.1) is 0 Å². The van der Waals surface area contributed by atoms with Gasteiger partial charge in [-0.2, -0.15) is 5.26 Å². The van der Waals surface area contributed by atoms with Gasteiger partial charge >= 0.3 is 5.97 Å². The number of carboxylic acids is 1. The molecule has 0 radical (unpaired) electrons. The number of benzene rings is 1. The van der Waals surface area contributed by atoms with Gasteiger partial charge in [0, 0.05) is 5.92 Å². The van der Waals surface area contributed by atoms with Crippen molar-refractivity contribution in [1.82, 2.24) is 0 Å². The van der Waals surface area contributed by atoms with Gasteiger partial charge in [0.25, 0.3) is 0 Å². The van der Waals surface area contributed by atoms with Crippen molar-refractivity contribution in [2.45, 2.75) is 20.0 Å². The van der Waals surface area contributed by atoms with Crippen molar-refractivity contribution in [1.29, 1.82) is 5.26 Å². The highest BCUT2D eigenvalue weighted by molar-refractivity contribution is 5.73. The van der Waals surface area contributed by atoms with Crippen molar-refractivity contribution in [2.24, 2.45) is 5.92 Å². The summed E-state index contributed by atoms with van der Waals surface area (Å²) in [5.74, 6) is -2.34. The van der Waals surface area contributed by atoms with Crippen LogP contribution in [0.1, 0.15) is 19.4 Å². The van der Waals surface area contributed by atoms with Crippen molar-refractivity contribution in [3.63, 3.8) is 0 Å². The highest BCUT2D eigenvalue weighted by Crippen LogP contribution is 2.21. The summed E-state index contributed by atoms with van der Waals surface area (Å²) in [6.45, 7) is 3.33. The maximum Gasteiger partial charge on any atom is 0.345 e. The van der Waals surface area contributed by atoms with E-state index in [0.29, 0.717) is 0 Å². The molecule has 0 heterocycles. The Bertz CT molecular complexity index is 465. The fourth-order valence-corrected chi connectivity index (χ4v) is 1.27. The monoisotopic (exact) mass is 237 g/mol. The largest absolute Gasteiger partial charge is 0.478 e. The number of halogens is 1. The molecule has 0 amide bonds. The molecule has 4 nitrogen and oxygen atoms in total. The maximum absolute atomic E-state index is 13.5. The van der Waals surface area contributed by atoms with E-state index >= 15 is 0 Å². The Kier molecular flexibility index (Phi) is 4.05. The molecule has 1 unspecified atom stereocenters. The van der Waals surface area contributed by atoms with Gasteiger partial charge in [-0.1, -0.05) is 13.8 Å². The van der Waals surface area contributed by atoms with E-state index in [0.717, 1.165) is 6.07 Å². The van der Waals surface area contributed by atoms with Crippen LogP contribution in [0.25, 0.3) is 0 Å². The lowest BCUT2D eigenvalue weighted by molar-refractivity contribution is -0.147. The van der Waals surface area contributed by atoms with Crippen LogP contribution in [0, 0.1) is 23.1 Å². The van der Waals surface area contributed by atoms with E-state index < -0.39 is 17.9 Å². The maximum atomic E-state index is 13.5. The number of nitriles is 1. The number of nitrogens with zero attached hydrogens (tertiary/aromatic N) is 1. The second kappa shape index (κ2) is 5.30. The van der Waals surface area contributed by atoms with E-state index in [1.165, 1.54) is 12.1 Å². The molecule has 1 aromatic rings. The predicted molar refractivity (Wildman–Crippen MR) is 58.0 cm³/mol. The first-order valence-electron chi connectivity index (χ1n) is 5.04. The van der Waals surface area contributed by atoms with Crippen LogP contribution < -0.4 is 4.74 Å². The summed E-state index contributed by atoms with van der Waals surface area (Å²) in [6, 6.07) is 5.42. The Balaban J connectivity index is 2.95. The molecule has 0 spiro atoms. The Morgan fingerprint density at radius 3 is 2.59 bits per heavy atom. The van der Waals surface area contributed by atoms with Crippen molar-refractivity contribution in [3.8, 4) is 11.8 Å². The molecule has 0 fully saturated rings. The van der Waals surface area contributed by atoms with Crippen LogP contribution in [0.5, 0.6) is 5.75 Å². The Labute approximate surface area is 98.2 Å². The first-order valence-corrected chi connectivity index (χ1v) is 5.04. The van der Waals surface area contributed by atoms with Gasteiger partial charge in [-0.25, -0.2) is 9.18 Å². The number of carbonyl (C=O) groups is 1. The van der Waals surface area contributed by atoms with Gasteiger partial charge in [-0.05, 0) is 18.2 Å². The molecule has 0 aliphatic heterocycles. The molecule has 1 atom stereocenters. The van der Waals surface area contributed by atoms with E-state index in [4.69, 9.17) is 15.1 Å². The lowest BCUT2D eigenvalue weighted by Gasteiger charge is -2.18. The Morgan fingerprint density at radius 1 is 1.53 bits per heavy atom. The number of ether oxygens (including phenoxy) is 1. The summed E-state index contributed by atoms with van der Waals surface area (Å²) < 4.78 is 18.5. The fraction of sp³-hybridized carbons (Fsp3) is 0.333. The van der Waals surface area contributed by atoms with E-state index in [1.54, 1.807) is 19.9 Å². The highest BCUT2D eigenvalue weighted by Gasteiger charge is 2.24. The molecule has 1 rings (SSSR count). The summed E-state index contributed by atoms with van der Waals surface area (Å²) in [4.78, 5) is 10.9. The number of rotatable bonds is 4. The first-order chi connectivity index (χ1) is 7.95.